The van der Waals surface area contributed by atoms with Crippen LogP contribution in [0.25, 0.3) is 11.1 Å². The van der Waals surface area contributed by atoms with Gasteiger partial charge in [-0.3, -0.25) is 0 Å². The minimum Gasteiger partial charge on any atom is -0.491 e. The van der Waals surface area contributed by atoms with Gasteiger partial charge in [-0.15, -0.1) is 0 Å². The van der Waals surface area contributed by atoms with Gasteiger partial charge in [0.25, 0.3) is 0 Å². The van der Waals surface area contributed by atoms with Crippen molar-refractivity contribution in [2.45, 2.75) is 29.8 Å². The summed E-state index contributed by atoms with van der Waals surface area (Å²) in [4.78, 5) is 0. The van der Waals surface area contributed by atoms with Crippen LogP contribution in [0.3, 0.4) is 0 Å². The van der Waals surface area contributed by atoms with E-state index in [0.717, 1.165) is 35.8 Å². The first-order valence-electron chi connectivity index (χ1n) is 15.2. The number of ether oxygens (including phenoxy) is 4. The molecule has 2 heterocycles. The zero-order valence-corrected chi connectivity index (χ0v) is 26.5. The average Bonchev–Trinajstić information content (AvgIpc) is 3.97. The Kier molecular flexibility index (Phi) is 8.46. The Hall–Kier alpha value is -2.90. The lowest BCUT2D eigenvalue weighted by molar-refractivity contribution is 0.106. The second kappa shape index (κ2) is 12.6. The molecule has 4 aromatic rings. The Morgan fingerprint density at radius 3 is 1.47 bits per heavy atom. The van der Waals surface area contributed by atoms with Crippen LogP contribution in [0, 0.1) is 13.8 Å². The molecule has 1 aliphatic carbocycles. The number of fused-ring (bicyclic) bond motifs is 3. The van der Waals surface area contributed by atoms with Crippen molar-refractivity contribution in [1.29, 1.82) is 0 Å². The van der Waals surface area contributed by atoms with E-state index in [9.17, 15) is 0 Å². The van der Waals surface area contributed by atoms with Gasteiger partial charge in [-0.05, 0) is 70.5 Å². The van der Waals surface area contributed by atoms with Crippen LogP contribution in [-0.4, -0.2) is 61.6 Å². The van der Waals surface area contributed by atoms with Crippen LogP contribution in [0.2, 0.25) is 0 Å². The van der Waals surface area contributed by atoms with Crippen LogP contribution >= 0.6 is 23.5 Å². The summed E-state index contributed by atoms with van der Waals surface area (Å²) in [5.41, 5.74) is 9.42. The quantitative estimate of drug-likeness (QED) is 0.0948. The fourth-order valence-corrected chi connectivity index (χ4v) is 7.14. The van der Waals surface area contributed by atoms with E-state index in [-0.39, 0.29) is 0 Å². The van der Waals surface area contributed by atoms with Gasteiger partial charge in [0.05, 0.1) is 31.8 Å². The second-order valence-electron chi connectivity index (χ2n) is 11.6. The van der Waals surface area contributed by atoms with Gasteiger partial charge in [-0.1, -0.05) is 72.8 Å². The summed E-state index contributed by atoms with van der Waals surface area (Å²) in [5.74, 6) is 4.26. The lowest BCUT2D eigenvalue weighted by Gasteiger charge is -2.34. The van der Waals surface area contributed by atoms with Gasteiger partial charge in [0.15, 0.2) is 0 Å². The summed E-state index contributed by atoms with van der Waals surface area (Å²) >= 11 is 3.92. The highest BCUT2D eigenvalue weighted by molar-refractivity contribution is 8.07. The third-order valence-electron chi connectivity index (χ3n) is 8.55. The molecule has 0 N–H and O–H groups in total. The topological polar surface area (TPSA) is 36.9 Å². The Labute approximate surface area is 263 Å². The standard InChI is InChI=1S/C37H38O4S2/c1-25-19-27(11-13-35(25)40-17-15-38-21-29-23-42-29)37(33-9-5-3-7-31(33)32-8-4-6-10-34(32)37)28-12-14-36(26(2)20-28)41-18-16-39-22-30-24-43-30/h3-14,19-20,29-30H,15-18,21-24H2,1-2H3. The predicted molar refractivity (Wildman–Crippen MR) is 178 cm³/mol. The Bertz CT molecular complexity index is 1470. The van der Waals surface area contributed by atoms with Crippen molar-refractivity contribution in [2.75, 3.05) is 51.1 Å². The third kappa shape index (κ3) is 5.95. The van der Waals surface area contributed by atoms with E-state index < -0.39 is 5.41 Å². The molecule has 43 heavy (non-hydrogen) atoms. The molecule has 2 aliphatic heterocycles. The first-order chi connectivity index (χ1) is 21.1. The van der Waals surface area contributed by atoms with Gasteiger partial charge >= 0.3 is 0 Å². The monoisotopic (exact) mass is 610 g/mol. The van der Waals surface area contributed by atoms with Crippen molar-refractivity contribution in [3.63, 3.8) is 0 Å². The van der Waals surface area contributed by atoms with Crippen LogP contribution in [0.1, 0.15) is 33.4 Å². The highest BCUT2D eigenvalue weighted by Crippen LogP contribution is 2.56. The normalized spacial score (nSPS) is 19.0. The molecule has 4 aromatic carbocycles. The number of hydrogen-bond acceptors (Lipinski definition) is 6. The van der Waals surface area contributed by atoms with Crippen molar-refractivity contribution in [3.05, 3.63) is 118 Å². The lowest BCUT2D eigenvalue weighted by Crippen LogP contribution is -2.29. The van der Waals surface area contributed by atoms with Crippen molar-refractivity contribution >= 4 is 23.5 Å². The van der Waals surface area contributed by atoms with Crippen molar-refractivity contribution in [1.82, 2.24) is 0 Å². The maximum Gasteiger partial charge on any atom is 0.122 e. The highest BCUT2D eigenvalue weighted by atomic mass is 32.2. The zero-order valence-electron chi connectivity index (χ0n) is 24.8. The Morgan fingerprint density at radius 1 is 0.605 bits per heavy atom. The predicted octanol–water partition coefficient (Wildman–Crippen LogP) is 7.69. The van der Waals surface area contributed by atoms with E-state index in [4.69, 9.17) is 18.9 Å². The highest BCUT2D eigenvalue weighted by Gasteiger charge is 2.46. The largest absolute Gasteiger partial charge is 0.491 e. The number of aryl methyl sites for hydroxylation is 2. The number of benzene rings is 4. The molecule has 4 nitrogen and oxygen atoms in total. The van der Waals surface area contributed by atoms with Gasteiger partial charge in [0, 0.05) is 22.0 Å². The van der Waals surface area contributed by atoms with Crippen LogP contribution in [0.15, 0.2) is 84.9 Å². The molecule has 0 aromatic heterocycles. The van der Waals surface area contributed by atoms with E-state index in [1.54, 1.807) is 0 Å². The van der Waals surface area contributed by atoms with Gasteiger partial charge in [-0.25, -0.2) is 0 Å². The van der Waals surface area contributed by atoms with Gasteiger partial charge in [0.2, 0.25) is 0 Å². The molecule has 0 saturated carbocycles. The molecule has 6 heteroatoms. The molecule has 2 atom stereocenters. The lowest BCUT2D eigenvalue weighted by atomic mass is 9.67. The van der Waals surface area contributed by atoms with E-state index in [0.29, 0.717) is 36.9 Å². The van der Waals surface area contributed by atoms with Crippen LogP contribution in [0.5, 0.6) is 11.5 Å². The van der Waals surface area contributed by atoms with Crippen molar-refractivity contribution < 1.29 is 18.9 Å². The first kappa shape index (κ1) is 28.8. The van der Waals surface area contributed by atoms with Crippen LogP contribution in [-0.2, 0) is 14.9 Å². The number of thioether (sulfide) groups is 2. The molecule has 7 rings (SSSR count). The molecule has 2 unspecified atom stereocenters. The molecule has 0 spiro atoms. The van der Waals surface area contributed by atoms with Crippen LogP contribution < -0.4 is 9.47 Å². The zero-order chi connectivity index (χ0) is 29.2. The van der Waals surface area contributed by atoms with Gasteiger partial charge < -0.3 is 18.9 Å². The fraction of sp³-hybridized carbons (Fsp3) is 0.351. The van der Waals surface area contributed by atoms with Crippen molar-refractivity contribution in [2.24, 2.45) is 0 Å². The summed E-state index contributed by atoms with van der Waals surface area (Å²) in [5, 5.41) is 1.37. The molecule has 2 fully saturated rings. The second-order valence-corrected chi connectivity index (χ2v) is 14.2. The average molecular weight is 611 g/mol. The molecule has 2 saturated heterocycles. The minimum absolute atomic E-state index is 0.462. The van der Waals surface area contributed by atoms with Crippen molar-refractivity contribution in [3.8, 4) is 22.6 Å². The number of rotatable bonds is 14. The summed E-state index contributed by atoms with van der Waals surface area (Å²) in [6, 6.07) is 31.1. The Morgan fingerprint density at radius 2 is 1.05 bits per heavy atom. The fourth-order valence-electron chi connectivity index (χ4n) is 6.29. The van der Waals surface area contributed by atoms with E-state index in [2.05, 4.69) is 98.8 Å². The molecule has 0 radical (unpaired) electrons. The Balaban J connectivity index is 1.21. The molecule has 222 valence electrons. The third-order valence-corrected chi connectivity index (χ3v) is 10.4. The van der Waals surface area contributed by atoms with E-state index in [1.165, 1.54) is 44.9 Å². The summed E-state index contributed by atoms with van der Waals surface area (Å²) in [7, 11) is 0. The minimum atomic E-state index is -0.462. The number of hydrogen-bond donors (Lipinski definition) is 0. The van der Waals surface area contributed by atoms with E-state index in [1.807, 2.05) is 23.5 Å². The molecular formula is C37H38O4S2. The molecule has 3 aliphatic rings. The van der Waals surface area contributed by atoms with E-state index >= 15 is 0 Å². The smallest absolute Gasteiger partial charge is 0.122 e. The summed E-state index contributed by atoms with van der Waals surface area (Å²) < 4.78 is 23.9. The summed E-state index contributed by atoms with van der Waals surface area (Å²) in [6.45, 7) is 8.28. The SMILES string of the molecule is Cc1cc(C2(c3ccc(OCCOCC4CS4)c(C)c3)c3ccccc3-c3ccccc32)ccc1OCCOCC1CS1. The van der Waals surface area contributed by atoms with Gasteiger partial charge in [-0.2, -0.15) is 23.5 Å². The summed E-state index contributed by atoms with van der Waals surface area (Å²) in [6.07, 6.45) is 0. The maximum absolute atomic E-state index is 6.18. The van der Waals surface area contributed by atoms with Gasteiger partial charge in [0.1, 0.15) is 24.7 Å². The van der Waals surface area contributed by atoms with Crippen LogP contribution in [0.4, 0.5) is 0 Å². The molecular weight excluding hydrogens is 573 g/mol. The maximum atomic E-state index is 6.18. The first-order valence-corrected chi connectivity index (χ1v) is 17.3. The molecule has 0 bridgehead atoms. The molecule has 0 amide bonds.